The minimum Gasteiger partial charge on any atom is -0.361 e. The molecule has 2 N–H and O–H groups in total. The average molecular weight is 279 g/mol. The number of carbonyl (C=O) groups is 1. The predicted molar refractivity (Wildman–Crippen MR) is 77.3 cm³/mol. The SMILES string of the molecule is Cc1noc(C)c1CNC(C)C(=O)NC1CCCCC1. The van der Waals surface area contributed by atoms with Crippen molar-refractivity contribution >= 4 is 5.91 Å². The van der Waals surface area contributed by atoms with Gasteiger partial charge in [-0.25, -0.2) is 0 Å². The molecule has 0 saturated heterocycles. The molecule has 5 heteroatoms. The van der Waals surface area contributed by atoms with E-state index in [4.69, 9.17) is 4.52 Å². The molecule has 0 aliphatic heterocycles. The van der Waals surface area contributed by atoms with Crippen molar-refractivity contribution in [2.24, 2.45) is 0 Å². The van der Waals surface area contributed by atoms with Gasteiger partial charge in [-0.05, 0) is 33.6 Å². The zero-order valence-corrected chi connectivity index (χ0v) is 12.7. The van der Waals surface area contributed by atoms with Gasteiger partial charge in [-0.1, -0.05) is 24.4 Å². The summed E-state index contributed by atoms with van der Waals surface area (Å²) in [6, 6.07) is 0.158. The molecule has 1 aromatic heterocycles. The number of amides is 1. The number of carbonyl (C=O) groups excluding carboxylic acids is 1. The number of aromatic nitrogens is 1. The van der Waals surface area contributed by atoms with E-state index in [-0.39, 0.29) is 11.9 Å². The Hall–Kier alpha value is -1.36. The summed E-state index contributed by atoms with van der Waals surface area (Å²) in [5, 5.41) is 10.3. The first kappa shape index (κ1) is 15.0. The normalized spacial score (nSPS) is 17.9. The molecule has 1 atom stereocenters. The standard InChI is InChI=1S/C15H25N3O2/c1-10-14(12(3)20-18-10)9-16-11(2)15(19)17-13-7-5-4-6-8-13/h11,13,16H,4-9H2,1-3H3,(H,17,19). The minimum atomic E-state index is -0.203. The van der Waals surface area contributed by atoms with Gasteiger partial charge < -0.3 is 15.2 Å². The molecule has 0 radical (unpaired) electrons. The largest absolute Gasteiger partial charge is 0.361 e. The third kappa shape index (κ3) is 3.82. The van der Waals surface area contributed by atoms with E-state index in [1.54, 1.807) is 0 Å². The van der Waals surface area contributed by atoms with Gasteiger partial charge in [-0.3, -0.25) is 4.79 Å². The van der Waals surface area contributed by atoms with Crippen molar-refractivity contribution in [3.63, 3.8) is 0 Å². The molecular formula is C15H25N3O2. The second kappa shape index (κ2) is 6.88. The van der Waals surface area contributed by atoms with Crippen LogP contribution in [0.1, 0.15) is 56.0 Å². The number of nitrogens with zero attached hydrogens (tertiary/aromatic N) is 1. The maximum absolute atomic E-state index is 12.1. The van der Waals surface area contributed by atoms with Crippen LogP contribution in [-0.4, -0.2) is 23.1 Å². The lowest BCUT2D eigenvalue weighted by Crippen LogP contribution is -2.46. The first-order chi connectivity index (χ1) is 9.58. The van der Waals surface area contributed by atoms with Crippen molar-refractivity contribution < 1.29 is 9.32 Å². The molecule has 0 bridgehead atoms. The van der Waals surface area contributed by atoms with Crippen LogP contribution in [0.3, 0.4) is 0 Å². The Morgan fingerprint density at radius 3 is 2.65 bits per heavy atom. The summed E-state index contributed by atoms with van der Waals surface area (Å²) in [6.45, 7) is 6.32. The average Bonchev–Trinajstić information content (AvgIpc) is 2.76. The highest BCUT2D eigenvalue weighted by atomic mass is 16.5. The fourth-order valence-corrected chi connectivity index (χ4v) is 2.68. The van der Waals surface area contributed by atoms with Gasteiger partial charge in [0.05, 0.1) is 11.7 Å². The summed E-state index contributed by atoms with van der Waals surface area (Å²) in [6.07, 6.45) is 5.98. The van der Waals surface area contributed by atoms with Crippen LogP contribution in [0, 0.1) is 13.8 Å². The summed E-state index contributed by atoms with van der Waals surface area (Å²) in [7, 11) is 0. The van der Waals surface area contributed by atoms with Gasteiger partial charge in [0.25, 0.3) is 0 Å². The molecule has 1 amide bonds. The number of aryl methyl sites for hydroxylation is 2. The molecule has 1 saturated carbocycles. The Morgan fingerprint density at radius 1 is 1.35 bits per heavy atom. The molecule has 5 nitrogen and oxygen atoms in total. The number of hydrogen-bond acceptors (Lipinski definition) is 4. The van der Waals surface area contributed by atoms with Gasteiger partial charge in [0.1, 0.15) is 5.76 Å². The van der Waals surface area contributed by atoms with Crippen molar-refractivity contribution in [1.82, 2.24) is 15.8 Å². The van der Waals surface area contributed by atoms with Gasteiger partial charge >= 0.3 is 0 Å². The molecule has 1 unspecified atom stereocenters. The lowest BCUT2D eigenvalue weighted by Gasteiger charge is -2.24. The second-order valence-electron chi connectivity index (χ2n) is 5.75. The van der Waals surface area contributed by atoms with E-state index in [1.807, 2.05) is 20.8 Å². The monoisotopic (exact) mass is 279 g/mol. The van der Waals surface area contributed by atoms with E-state index >= 15 is 0 Å². The van der Waals surface area contributed by atoms with Gasteiger partial charge in [0, 0.05) is 18.2 Å². The molecule has 1 aliphatic rings. The van der Waals surface area contributed by atoms with E-state index in [1.165, 1.54) is 19.3 Å². The maximum Gasteiger partial charge on any atom is 0.237 e. The molecule has 1 aromatic rings. The summed E-state index contributed by atoms with van der Waals surface area (Å²) in [5.41, 5.74) is 1.93. The van der Waals surface area contributed by atoms with Crippen molar-refractivity contribution in [3.05, 3.63) is 17.0 Å². The molecule has 1 aliphatic carbocycles. The van der Waals surface area contributed by atoms with Gasteiger partial charge in [0.2, 0.25) is 5.91 Å². The molecular weight excluding hydrogens is 254 g/mol. The third-order valence-electron chi connectivity index (χ3n) is 4.11. The molecule has 2 rings (SSSR count). The maximum atomic E-state index is 12.1. The van der Waals surface area contributed by atoms with Crippen LogP contribution in [0.25, 0.3) is 0 Å². The van der Waals surface area contributed by atoms with Crippen molar-refractivity contribution in [2.75, 3.05) is 0 Å². The van der Waals surface area contributed by atoms with Crippen LogP contribution in [0.4, 0.5) is 0 Å². The molecule has 0 aromatic carbocycles. The highest BCUT2D eigenvalue weighted by Gasteiger charge is 2.20. The lowest BCUT2D eigenvalue weighted by atomic mass is 9.95. The van der Waals surface area contributed by atoms with Gasteiger partial charge in [-0.15, -0.1) is 0 Å². The second-order valence-corrected chi connectivity index (χ2v) is 5.75. The smallest absolute Gasteiger partial charge is 0.237 e. The van der Waals surface area contributed by atoms with Crippen LogP contribution in [0.2, 0.25) is 0 Å². The van der Waals surface area contributed by atoms with Crippen molar-refractivity contribution in [1.29, 1.82) is 0 Å². The predicted octanol–water partition coefficient (Wildman–Crippen LogP) is 2.22. The number of hydrogen-bond donors (Lipinski definition) is 2. The third-order valence-corrected chi connectivity index (χ3v) is 4.11. The van der Waals surface area contributed by atoms with Crippen molar-refractivity contribution in [3.8, 4) is 0 Å². The topological polar surface area (TPSA) is 67.2 Å². The highest BCUT2D eigenvalue weighted by molar-refractivity contribution is 5.81. The van der Waals surface area contributed by atoms with Gasteiger partial charge in [-0.2, -0.15) is 0 Å². The fourth-order valence-electron chi connectivity index (χ4n) is 2.68. The molecule has 0 spiro atoms. The first-order valence-corrected chi connectivity index (χ1v) is 7.53. The van der Waals surface area contributed by atoms with Crippen LogP contribution in [0.5, 0.6) is 0 Å². The van der Waals surface area contributed by atoms with E-state index < -0.39 is 0 Å². The first-order valence-electron chi connectivity index (χ1n) is 7.53. The molecule has 20 heavy (non-hydrogen) atoms. The van der Waals surface area contributed by atoms with Crippen LogP contribution >= 0.6 is 0 Å². The fraction of sp³-hybridized carbons (Fsp3) is 0.733. The summed E-state index contributed by atoms with van der Waals surface area (Å²) in [4.78, 5) is 12.1. The van der Waals surface area contributed by atoms with Crippen molar-refractivity contribution in [2.45, 2.75) is 71.5 Å². The van der Waals surface area contributed by atoms with E-state index in [0.29, 0.717) is 12.6 Å². The molecule has 112 valence electrons. The number of nitrogens with one attached hydrogen (secondary N) is 2. The van der Waals surface area contributed by atoms with E-state index in [2.05, 4.69) is 15.8 Å². The van der Waals surface area contributed by atoms with E-state index in [9.17, 15) is 4.79 Å². The Bertz CT molecular complexity index is 430. The quantitative estimate of drug-likeness (QED) is 0.867. The Labute approximate surface area is 120 Å². The summed E-state index contributed by atoms with van der Waals surface area (Å²) in [5.74, 6) is 0.901. The number of rotatable bonds is 5. The minimum absolute atomic E-state index is 0.0867. The Morgan fingerprint density at radius 2 is 2.05 bits per heavy atom. The Balaban J connectivity index is 1.79. The highest BCUT2D eigenvalue weighted by Crippen LogP contribution is 2.17. The zero-order chi connectivity index (χ0) is 14.5. The lowest BCUT2D eigenvalue weighted by molar-refractivity contribution is -0.123. The molecule has 1 fully saturated rings. The zero-order valence-electron chi connectivity index (χ0n) is 12.7. The summed E-state index contributed by atoms with van der Waals surface area (Å²) >= 11 is 0. The van der Waals surface area contributed by atoms with Crippen LogP contribution in [0.15, 0.2) is 4.52 Å². The van der Waals surface area contributed by atoms with E-state index in [0.717, 1.165) is 29.9 Å². The Kier molecular flexibility index (Phi) is 5.17. The van der Waals surface area contributed by atoms with Crippen LogP contribution in [-0.2, 0) is 11.3 Å². The summed E-state index contributed by atoms with van der Waals surface area (Å²) < 4.78 is 5.12. The van der Waals surface area contributed by atoms with Crippen LogP contribution < -0.4 is 10.6 Å². The van der Waals surface area contributed by atoms with Gasteiger partial charge in [0.15, 0.2) is 0 Å². The molecule has 1 heterocycles.